The van der Waals surface area contributed by atoms with Crippen LogP contribution in [0.4, 0.5) is 10.1 Å². The van der Waals surface area contributed by atoms with Gasteiger partial charge in [0.2, 0.25) is 5.91 Å². The molecule has 0 aliphatic carbocycles. The van der Waals surface area contributed by atoms with Crippen LogP contribution in [0.25, 0.3) is 0 Å². The van der Waals surface area contributed by atoms with E-state index in [1.165, 1.54) is 12.1 Å². The molecule has 19 heavy (non-hydrogen) atoms. The second-order valence-corrected chi connectivity index (χ2v) is 4.66. The number of hydrogen-bond acceptors (Lipinski definition) is 3. The van der Waals surface area contributed by atoms with Crippen molar-refractivity contribution in [2.75, 3.05) is 5.32 Å². The quantitative estimate of drug-likeness (QED) is 0.759. The monoisotopic (exact) mass is 268 g/mol. The number of amides is 1. The first-order valence-corrected chi connectivity index (χ1v) is 5.89. The van der Waals surface area contributed by atoms with Crippen molar-refractivity contribution in [2.24, 2.45) is 11.7 Å². The Labute approximate surface area is 110 Å². The molecular weight excluding hydrogens is 251 g/mol. The Morgan fingerprint density at radius 3 is 2.53 bits per heavy atom. The van der Waals surface area contributed by atoms with Crippen LogP contribution < -0.4 is 11.1 Å². The van der Waals surface area contributed by atoms with Crippen LogP contribution in [0.1, 0.15) is 30.6 Å². The van der Waals surface area contributed by atoms with Gasteiger partial charge >= 0.3 is 5.97 Å². The number of nitrogens with two attached hydrogens (primary N) is 1. The SMILES string of the molecule is CC(C)C(N)CC(=O)Nc1ccc(C(=O)O)cc1F. The van der Waals surface area contributed by atoms with Gasteiger partial charge in [0.05, 0.1) is 11.3 Å². The number of hydrogen-bond donors (Lipinski definition) is 3. The number of rotatable bonds is 5. The van der Waals surface area contributed by atoms with Crippen molar-refractivity contribution in [3.05, 3.63) is 29.6 Å². The second-order valence-electron chi connectivity index (χ2n) is 4.66. The standard InChI is InChI=1S/C13H17FN2O3/c1-7(2)10(15)6-12(17)16-11-4-3-8(13(18)19)5-9(11)14/h3-5,7,10H,6,15H2,1-2H3,(H,16,17)(H,18,19). The smallest absolute Gasteiger partial charge is 0.335 e. The van der Waals surface area contributed by atoms with Gasteiger partial charge < -0.3 is 16.2 Å². The molecule has 0 radical (unpaired) electrons. The molecule has 1 rings (SSSR count). The number of halogens is 1. The van der Waals surface area contributed by atoms with Crippen LogP contribution in [0.5, 0.6) is 0 Å². The molecule has 1 aromatic carbocycles. The molecule has 4 N–H and O–H groups in total. The third-order valence-corrected chi connectivity index (χ3v) is 2.77. The highest BCUT2D eigenvalue weighted by molar-refractivity contribution is 5.92. The van der Waals surface area contributed by atoms with Gasteiger partial charge in [0.25, 0.3) is 0 Å². The third kappa shape index (κ3) is 4.33. The van der Waals surface area contributed by atoms with Crippen molar-refractivity contribution in [1.82, 2.24) is 0 Å². The molecule has 6 heteroatoms. The minimum absolute atomic E-state index is 0.0500. The van der Waals surface area contributed by atoms with E-state index in [0.717, 1.165) is 6.07 Å². The summed E-state index contributed by atoms with van der Waals surface area (Å²) in [6.45, 7) is 3.78. The zero-order valence-corrected chi connectivity index (χ0v) is 10.8. The Kier molecular flexibility index (Phi) is 5.00. The fourth-order valence-corrected chi connectivity index (χ4v) is 1.40. The first kappa shape index (κ1) is 15.1. The molecule has 1 aromatic rings. The van der Waals surface area contributed by atoms with E-state index in [9.17, 15) is 14.0 Å². The molecule has 104 valence electrons. The lowest BCUT2D eigenvalue weighted by molar-refractivity contribution is -0.116. The van der Waals surface area contributed by atoms with E-state index in [4.69, 9.17) is 10.8 Å². The van der Waals surface area contributed by atoms with Gasteiger partial charge in [0, 0.05) is 12.5 Å². The van der Waals surface area contributed by atoms with Crippen LogP contribution in [-0.4, -0.2) is 23.0 Å². The topological polar surface area (TPSA) is 92.4 Å². The minimum atomic E-state index is -1.22. The Morgan fingerprint density at radius 1 is 1.42 bits per heavy atom. The number of carbonyl (C=O) groups is 2. The summed E-state index contributed by atoms with van der Waals surface area (Å²) in [7, 11) is 0. The number of carboxylic acids is 1. The normalized spacial score (nSPS) is 12.3. The number of carboxylic acid groups (broad SMARTS) is 1. The average molecular weight is 268 g/mol. The third-order valence-electron chi connectivity index (χ3n) is 2.77. The number of anilines is 1. The first-order chi connectivity index (χ1) is 8.81. The summed E-state index contributed by atoms with van der Waals surface area (Å²) < 4.78 is 13.6. The summed E-state index contributed by atoms with van der Waals surface area (Å²) in [4.78, 5) is 22.3. The fraction of sp³-hybridized carbons (Fsp3) is 0.385. The molecule has 0 aliphatic heterocycles. The zero-order valence-electron chi connectivity index (χ0n) is 10.8. The van der Waals surface area contributed by atoms with Crippen LogP contribution >= 0.6 is 0 Å². The summed E-state index contributed by atoms with van der Waals surface area (Å²) >= 11 is 0. The lowest BCUT2D eigenvalue weighted by atomic mass is 10.0. The lowest BCUT2D eigenvalue weighted by Gasteiger charge is -2.15. The minimum Gasteiger partial charge on any atom is -0.478 e. The van der Waals surface area contributed by atoms with Crippen LogP contribution in [0, 0.1) is 11.7 Å². The van der Waals surface area contributed by atoms with Gasteiger partial charge in [0.15, 0.2) is 0 Å². The zero-order chi connectivity index (χ0) is 14.6. The van der Waals surface area contributed by atoms with E-state index >= 15 is 0 Å². The van der Waals surface area contributed by atoms with Crippen LogP contribution in [0.15, 0.2) is 18.2 Å². The maximum absolute atomic E-state index is 13.6. The Morgan fingerprint density at radius 2 is 2.05 bits per heavy atom. The van der Waals surface area contributed by atoms with E-state index in [-0.39, 0.29) is 29.6 Å². The summed E-state index contributed by atoms with van der Waals surface area (Å²) in [5.74, 6) is -2.27. The van der Waals surface area contributed by atoms with Crippen molar-refractivity contribution in [2.45, 2.75) is 26.3 Å². The highest BCUT2D eigenvalue weighted by Gasteiger charge is 2.15. The Bertz CT molecular complexity index is 489. The number of aromatic carboxylic acids is 1. The van der Waals surface area contributed by atoms with E-state index in [2.05, 4.69) is 5.32 Å². The summed E-state index contributed by atoms with van der Waals surface area (Å²) in [6.07, 6.45) is 0.0811. The van der Waals surface area contributed by atoms with E-state index in [0.29, 0.717) is 0 Å². The highest BCUT2D eigenvalue weighted by atomic mass is 19.1. The second kappa shape index (κ2) is 6.29. The van der Waals surface area contributed by atoms with Crippen LogP contribution in [0.2, 0.25) is 0 Å². The van der Waals surface area contributed by atoms with Gasteiger partial charge in [-0.25, -0.2) is 9.18 Å². The fourth-order valence-electron chi connectivity index (χ4n) is 1.40. The van der Waals surface area contributed by atoms with Gasteiger partial charge in [0.1, 0.15) is 5.82 Å². The number of nitrogens with one attached hydrogen (secondary N) is 1. The van der Waals surface area contributed by atoms with Gasteiger partial charge in [-0.2, -0.15) is 0 Å². The highest BCUT2D eigenvalue weighted by Crippen LogP contribution is 2.16. The predicted molar refractivity (Wildman–Crippen MR) is 69.4 cm³/mol. The summed E-state index contributed by atoms with van der Waals surface area (Å²) in [5.41, 5.74) is 5.52. The molecule has 1 unspecified atom stereocenters. The molecule has 1 amide bonds. The molecule has 1 atom stereocenters. The van der Waals surface area contributed by atoms with Crippen molar-refractivity contribution < 1.29 is 19.1 Å². The molecule has 0 bridgehead atoms. The van der Waals surface area contributed by atoms with Crippen molar-refractivity contribution in [3.63, 3.8) is 0 Å². The van der Waals surface area contributed by atoms with Gasteiger partial charge in [-0.1, -0.05) is 13.8 Å². The summed E-state index contributed by atoms with van der Waals surface area (Å²) in [6, 6.07) is 3.00. The van der Waals surface area contributed by atoms with Gasteiger partial charge in [-0.15, -0.1) is 0 Å². The molecule has 0 aromatic heterocycles. The number of benzene rings is 1. The lowest BCUT2D eigenvalue weighted by Crippen LogP contribution is -2.31. The van der Waals surface area contributed by atoms with E-state index < -0.39 is 17.7 Å². The predicted octanol–water partition coefficient (Wildman–Crippen LogP) is 1.84. The van der Waals surface area contributed by atoms with E-state index in [1.807, 2.05) is 13.8 Å². The van der Waals surface area contributed by atoms with Crippen molar-refractivity contribution in [3.8, 4) is 0 Å². The molecule has 0 aliphatic rings. The number of carbonyl (C=O) groups excluding carboxylic acids is 1. The molecule has 0 heterocycles. The molecule has 0 spiro atoms. The maximum atomic E-state index is 13.6. The molecule has 0 saturated carbocycles. The average Bonchev–Trinajstić information content (AvgIpc) is 2.31. The first-order valence-electron chi connectivity index (χ1n) is 5.89. The molecular formula is C13H17FN2O3. The largest absolute Gasteiger partial charge is 0.478 e. The van der Waals surface area contributed by atoms with E-state index in [1.54, 1.807) is 0 Å². The molecule has 0 fully saturated rings. The maximum Gasteiger partial charge on any atom is 0.335 e. The van der Waals surface area contributed by atoms with Crippen LogP contribution in [-0.2, 0) is 4.79 Å². The van der Waals surface area contributed by atoms with Gasteiger partial charge in [-0.3, -0.25) is 4.79 Å². The van der Waals surface area contributed by atoms with Crippen molar-refractivity contribution >= 4 is 17.6 Å². The summed E-state index contributed by atoms with van der Waals surface area (Å²) in [5, 5.41) is 11.1. The Hall–Kier alpha value is -1.95. The van der Waals surface area contributed by atoms with Crippen molar-refractivity contribution in [1.29, 1.82) is 0 Å². The van der Waals surface area contributed by atoms with Gasteiger partial charge in [-0.05, 0) is 24.1 Å². The molecule has 5 nitrogen and oxygen atoms in total. The Balaban J connectivity index is 2.72. The molecule has 0 saturated heterocycles. The van der Waals surface area contributed by atoms with Crippen LogP contribution in [0.3, 0.4) is 0 Å².